The Balaban J connectivity index is 2.10. The first-order chi connectivity index (χ1) is 7.81. The number of hydrogen-bond donors (Lipinski definition) is 0. The van der Waals surface area contributed by atoms with Gasteiger partial charge in [-0.25, -0.2) is 4.68 Å². The first-order valence-corrected chi connectivity index (χ1v) is 4.83. The van der Waals surface area contributed by atoms with E-state index in [9.17, 15) is 4.79 Å². The Hall–Kier alpha value is -2.17. The zero-order chi connectivity index (χ0) is 11.4. The lowest BCUT2D eigenvalue weighted by atomic mass is 10.3. The molecule has 5 nitrogen and oxygen atoms in total. The molecule has 0 bridgehead atoms. The smallest absolute Gasteiger partial charge is 0.172 e. The van der Waals surface area contributed by atoms with E-state index in [4.69, 9.17) is 4.74 Å². The van der Waals surface area contributed by atoms with E-state index < -0.39 is 0 Å². The maximum absolute atomic E-state index is 10.7. The number of hydrogen-bond acceptors (Lipinski definition) is 4. The average Bonchev–Trinajstić information content (AvgIpc) is 2.69. The van der Waals surface area contributed by atoms with Crippen LogP contribution < -0.4 is 4.74 Å². The van der Waals surface area contributed by atoms with Gasteiger partial charge in [-0.1, -0.05) is 23.4 Å². The third kappa shape index (κ3) is 2.08. The lowest BCUT2D eigenvalue weighted by Crippen LogP contribution is -2.05. The standard InChI is InChI=1S/C11H11N3O2/c1-14-11(10(7-15)12-13-14)8-16-9-5-3-2-4-6-9/h2-7H,8H2,1H3. The van der Waals surface area contributed by atoms with E-state index in [-0.39, 0.29) is 6.61 Å². The second-order valence-corrected chi connectivity index (χ2v) is 3.26. The quantitative estimate of drug-likeness (QED) is 0.722. The predicted octanol–water partition coefficient (Wildman–Crippen LogP) is 1.21. The molecule has 0 aliphatic rings. The zero-order valence-electron chi connectivity index (χ0n) is 8.83. The van der Waals surface area contributed by atoms with Crippen LogP contribution in [0.1, 0.15) is 16.2 Å². The minimum absolute atomic E-state index is 0.279. The Labute approximate surface area is 92.7 Å². The first kappa shape index (κ1) is 10.4. The van der Waals surface area contributed by atoms with Crippen molar-refractivity contribution in [2.75, 3.05) is 0 Å². The number of aromatic nitrogens is 3. The van der Waals surface area contributed by atoms with Crippen LogP contribution in [-0.4, -0.2) is 21.3 Å². The SMILES string of the molecule is Cn1nnc(C=O)c1COc1ccccc1. The monoisotopic (exact) mass is 217 g/mol. The minimum Gasteiger partial charge on any atom is -0.487 e. The van der Waals surface area contributed by atoms with Crippen molar-refractivity contribution in [1.82, 2.24) is 15.0 Å². The number of aryl methyl sites for hydroxylation is 1. The number of benzene rings is 1. The number of para-hydroxylation sites is 1. The highest BCUT2D eigenvalue weighted by molar-refractivity contribution is 5.73. The molecular weight excluding hydrogens is 206 g/mol. The molecule has 2 aromatic rings. The van der Waals surface area contributed by atoms with Gasteiger partial charge in [0.1, 0.15) is 18.1 Å². The summed E-state index contributed by atoms with van der Waals surface area (Å²) in [5, 5.41) is 7.47. The third-order valence-electron chi connectivity index (χ3n) is 2.20. The summed E-state index contributed by atoms with van der Waals surface area (Å²) in [6.45, 7) is 0.279. The van der Waals surface area contributed by atoms with Gasteiger partial charge in [-0.05, 0) is 12.1 Å². The van der Waals surface area contributed by atoms with Crippen LogP contribution in [0.2, 0.25) is 0 Å². The molecule has 0 aliphatic heterocycles. The van der Waals surface area contributed by atoms with Gasteiger partial charge in [-0.15, -0.1) is 5.10 Å². The maximum atomic E-state index is 10.7. The third-order valence-corrected chi connectivity index (χ3v) is 2.20. The van der Waals surface area contributed by atoms with Crippen LogP contribution >= 0.6 is 0 Å². The molecule has 5 heteroatoms. The minimum atomic E-state index is 0.279. The van der Waals surface area contributed by atoms with Crippen molar-refractivity contribution in [3.63, 3.8) is 0 Å². The number of nitrogens with zero attached hydrogens (tertiary/aromatic N) is 3. The van der Waals surface area contributed by atoms with Gasteiger partial charge >= 0.3 is 0 Å². The van der Waals surface area contributed by atoms with Crippen molar-refractivity contribution in [3.05, 3.63) is 41.7 Å². The van der Waals surface area contributed by atoms with Crippen molar-refractivity contribution < 1.29 is 9.53 Å². The number of carbonyl (C=O) groups excluding carboxylic acids is 1. The lowest BCUT2D eigenvalue weighted by Gasteiger charge is -2.05. The van der Waals surface area contributed by atoms with Gasteiger partial charge in [0.2, 0.25) is 0 Å². The Morgan fingerprint density at radius 1 is 1.38 bits per heavy atom. The zero-order valence-corrected chi connectivity index (χ0v) is 8.83. The van der Waals surface area contributed by atoms with Gasteiger partial charge < -0.3 is 4.74 Å². The predicted molar refractivity (Wildman–Crippen MR) is 57.2 cm³/mol. The number of aldehydes is 1. The Bertz CT molecular complexity index is 479. The summed E-state index contributed by atoms with van der Waals surface area (Å²) in [6, 6.07) is 9.39. The van der Waals surface area contributed by atoms with Crippen LogP contribution in [0.5, 0.6) is 5.75 Å². The number of rotatable bonds is 4. The van der Waals surface area contributed by atoms with Crippen molar-refractivity contribution in [2.24, 2.45) is 7.05 Å². The highest BCUT2D eigenvalue weighted by Crippen LogP contribution is 2.11. The fourth-order valence-corrected chi connectivity index (χ4v) is 1.32. The summed E-state index contributed by atoms with van der Waals surface area (Å²) >= 11 is 0. The molecule has 82 valence electrons. The molecule has 1 aromatic carbocycles. The van der Waals surface area contributed by atoms with E-state index >= 15 is 0 Å². The van der Waals surface area contributed by atoms with Gasteiger partial charge in [-0.3, -0.25) is 4.79 Å². The summed E-state index contributed by atoms with van der Waals surface area (Å²) in [5.41, 5.74) is 0.984. The summed E-state index contributed by atoms with van der Waals surface area (Å²) in [6.07, 6.45) is 0.677. The fourth-order valence-electron chi connectivity index (χ4n) is 1.32. The van der Waals surface area contributed by atoms with Gasteiger partial charge in [0.05, 0.1) is 0 Å². The molecule has 0 atom stereocenters. The second-order valence-electron chi connectivity index (χ2n) is 3.26. The summed E-state index contributed by atoms with van der Waals surface area (Å²) in [4.78, 5) is 10.7. The van der Waals surface area contributed by atoms with Crippen LogP contribution in [0.4, 0.5) is 0 Å². The second kappa shape index (κ2) is 4.57. The highest BCUT2D eigenvalue weighted by atomic mass is 16.5. The van der Waals surface area contributed by atoms with E-state index in [1.807, 2.05) is 30.3 Å². The molecule has 0 spiro atoms. The van der Waals surface area contributed by atoms with E-state index in [1.165, 1.54) is 4.68 Å². The molecule has 0 amide bonds. The Kier molecular flexibility index (Phi) is 2.95. The van der Waals surface area contributed by atoms with Crippen molar-refractivity contribution in [2.45, 2.75) is 6.61 Å². The van der Waals surface area contributed by atoms with Gasteiger partial charge in [0.25, 0.3) is 0 Å². The molecule has 0 saturated carbocycles. The highest BCUT2D eigenvalue weighted by Gasteiger charge is 2.09. The molecule has 0 aliphatic carbocycles. The van der Waals surface area contributed by atoms with Crippen molar-refractivity contribution >= 4 is 6.29 Å². The fraction of sp³-hybridized carbons (Fsp3) is 0.182. The molecule has 16 heavy (non-hydrogen) atoms. The van der Waals surface area contributed by atoms with Crippen LogP contribution in [0, 0.1) is 0 Å². The molecule has 2 rings (SSSR count). The Morgan fingerprint density at radius 2 is 2.12 bits per heavy atom. The van der Waals surface area contributed by atoms with Gasteiger partial charge in [-0.2, -0.15) is 0 Å². The van der Waals surface area contributed by atoms with Crippen LogP contribution in [-0.2, 0) is 13.7 Å². The first-order valence-electron chi connectivity index (χ1n) is 4.83. The lowest BCUT2D eigenvalue weighted by molar-refractivity contribution is 0.111. The summed E-state index contributed by atoms with van der Waals surface area (Å²) in [5.74, 6) is 0.751. The van der Waals surface area contributed by atoms with Crippen molar-refractivity contribution in [3.8, 4) is 5.75 Å². The average molecular weight is 217 g/mol. The van der Waals surface area contributed by atoms with Gasteiger partial charge in [0, 0.05) is 7.05 Å². The topological polar surface area (TPSA) is 57.0 Å². The molecule has 1 aromatic heterocycles. The molecule has 0 saturated heterocycles. The molecular formula is C11H11N3O2. The van der Waals surface area contributed by atoms with Crippen molar-refractivity contribution in [1.29, 1.82) is 0 Å². The van der Waals surface area contributed by atoms with E-state index in [0.29, 0.717) is 17.7 Å². The summed E-state index contributed by atoms with van der Waals surface area (Å²) in [7, 11) is 1.73. The maximum Gasteiger partial charge on any atom is 0.172 e. The van der Waals surface area contributed by atoms with Crippen LogP contribution in [0.3, 0.4) is 0 Å². The van der Waals surface area contributed by atoms with E-state index in [2.05, 4.69) is 10.3 Å². The molecule has 0 N–H and O–H groups in total. The van der Waals surface area contributed by atoms with Crippen LogP contribution in [0.15, 0.2) is 30.3 Å². The van der Waals surface area contributed by atoms with E-state index in [0.717, 1.165) is 5.75 Å². The Morgan fingerprint density at radius 3 is 2.81 bits per heavy atom. The molecule has 1 heterocycles. The molecule has 0 radical (unpaired) electrons. The van der Waals surface area contributed by atoms with E-state index in [1.54, 1.807) is 7.05 Å². The largest absolute Gasteiger partial charge is 0.487 e. The number of carbonyl (C=O) groups is 1. The number of ether oxygens (including phenoxy) is 1. The normalized spacial score (nSPS) is 10.1. The molecule has 0 unspecified atom stereocenters. The molecule has 0 fully saturated rings. The van der Waals surface area contributed by atoms with Gasteiger partial charge in [0.15, 0.2) is 12.0 Å². The summed E-state index contributed by atoms with van der Waals surface area (Å²) < 4.78 is 7.05. The van der Waals surface area contributed by atoms with Crippen LogP contribution in [0.25, 0.3) is 0 Å².